The highest BCUT2D eigenvalue weighted by molar-refractivity contribution is 5.71. The Morgan fingerprint density at radius 1 is 1.24 bits per heavy atom. The third-order valence-electron chi connectivity index (χ3n) is 2.92. The third-order valence-corrected chi connectivity index (χ3v) is 2.92. The van der Waals surface area contributed by atoms with E-state index < -0.39 is 0 Å². The fourth-order valence-corrected chi connectivity index (χ4v) is 1.87. The van der Waals surface area contributed by atoms with E-state index in [1.54, 1.807) is 17.0 Å². The van der Waals surface area contributed by atoms with Gasteiger partial charge in [-0.05, 0) is 37.5 Å². The van der Waals surface area contributed by atoms with Crippen LogP contribution in [0.15, 0.2) is 30.8 Å². The van der Waals surface area contributed by atoms with Crippen LogP contribution in [0.1, 0.15) is 25.3 Å². The second-order valence-corrected chi connectivity index (χ2v) is 4.37. The van der Waals surface area contributed by atoms with E-state index in [9.17, 15) is 4.79 Å². The number of carbonyl (C=O) groups excluding carboxylic acids is 1. The van der Waals surface area contributed by atoms with Crippen molar-refractivity contribution in [3.8, 4) is 5.75 Å². The molecule has 0 aliphatic carbocycles. The third kappa shape index (κ3) is 2.87. The molecular weight excluding hydrogens is 214 g/mol. The van der Waals surface area contributed by atoms with Gasteiger partial charge in [-0.15, -0.1) is 0 Å². The largest absolute Gasteiger partial charge is 0.415 e. The number of likely N-dealkylation sites (tertiary alicyclic amines) is 1. The van der Waals surface area contributed by atoms with E-state index in [1.165, 1.54) is 0 Å². The number of nitrogens with zero attached hydrogens (tertiary/aromatic N) is 1. The van der Waals surface area contributed by atoms with E-state index in [0.717, 1.165) is 37.1 Å². The number of hydrogen-bond acceptors (Lipinski definition) is 2. The van der Waals surface area contributed by atoms with Crippen LogP contribution in [0.3, 0.4) is 0 Å². The summed E-state index contributed by atoms with van der Waals surface area (Å²) in [6.07, 6.45) is 1.90. The first-order valence-electron chi connectivity index (χ1n) is 5.89. The number of hydrogen-bond donors (Lipinski definition) is 0. The van der Waals surface area contributed by atoms with E-state index >= 15 is 0 Å². The Hall–Kier alpha value is -1.77. The fourth-order valence-electron chi connectivity index (χ4n) is 1.87. The summed E-state index contributed by atoms with van der Waals surface area (Å²) in [6.45, 7) is 7.43. The highest BCUT2D eigenvalue weighted by atomic mass is 16.6. The van der Waals surface area contributed by atoms with Crippen molar-refractivity contribution in [2.45, 2.75) is 19.8 Å². The molecule has 1 heterocycles. The highest BCUT2D eigenvalue weighted by Crippen LogP contribution is 2.18. The average Bonchev–Trinajstić information content (AvgIpc) is 2.83. The van der Waals surface area contributed by atoms with Crippen LogP contribution in [0.5, 0.6) is 5.75 Å². The van der Waals surface area contributed by atoms with Gasteiger partial charge in [0.2, 0.25) is 0 Å². The van der Waals surface area contributed by atoms with Gasteiger partial charge in [-0.1, -0.05) is 24.3 Å². The molecule has 0 unspecified atom stereocenters. The predicted molar refractivity (Wildman–Crippen MR) is 68.0 cm³/mol. The zero-order valence-electron chi connectivity index (χ0n) is 10.1. The van der Waals surface area contributed by atoms with E-state index in [-0.39, 0.29) is 6.09 Å². The molecule has 90 valence electrons. The molecule has 1 aromatic carbocycles. The maximum atomic E-state index is 11.7. The topological polar surface area (TPSA) is 29.5 Å². The molecular formula is C14H17NO2. The van der Waals surface area contributed by atoms with Crippen molar-refractivity contribution in [3.05, 3.63) is 36.4 Å². The molecule has 0 N–H and O–H groups in total. The molecule has 3 nitrogen and oxygen atoms in total. The maximum absolute atomic E-state index is 11.7. The first kappa shape index (κ1) is 11.7. The molecule has 0 radical (unpaired) electrons. The van der Waals surface area contributed by atoms with Gasteiger partial charge in [0.25, 0.3) is 0 Å². The van der Waals surface area contributed by atoms with Crippen LogP contribution in [0.25, 0.3) is 5.57 Å². The van der Waals surface area contributed by atoms with Crippen LogP contribution < -0.4 is 4.74 Å². The average molecular weight is 231 g/mol. The molecule has 2 rings (SSSR count). The monoisotopic (exact) mass is 231 g/mol. The van der Waals surface area contributed by atoms with Gasteiger partial charge in [-0.25, -0.2) is 4.79 Å². The van der Waals surface area contributed by atoms with Crippen molar-refractivity contribution in [2.75, 3.05) is 13.1 Å². The molecule has 1 amide bonds. The van der Waals surface area contributed by atoms with Crippen molar-refractivity contribution in [2.24, 2.45) is 0 Å². The lowest BCUT2D eigenvalue weighted by atomic mass is 10.1. The number of ether oxygens (including phenoxy) is 1. The summed E-state index contributed by atoms with van der Waals surface area (Å²) in [5, 5.41) is 0. The Bertz CT molecular complexity index is 416. The summed E-state index contributed by atoms with van der Waals surface area (Å²) in [7, 11) is 0. The maximum Gasteiger partial charge on any atom is 0.415 e. The zero-order valence-corrected chi connectivity index (χ0v) is 10.1. The Balaban J connectivity index is 1.98. The summed E-state index contributed by atoms with van der Waals surface area (Å²) in [6, 6.07) is 7.43. The molecule has 1 saturated heterocycles. The fraction of sp³-hybridized carbons (Fsp3) is 0.357. The summed E-state index contributed by atoms with van der Waals surface area (Å²) in [5.41, 5.74) is 2.06. The van der Waals surface area contributed by atoms with Crippen molar-refractivity contribution >= 4 is 11.7 Å². The lowest BCUT2D eigenvalue weighted by Gasteiger charge is -2.14. The zero-order chi connectivity index (χ0) is 12.3. The Kier molecular flexibility index (Phi) is 3.47. The van der Waals surface area contributed by atoms with Crippen LogP contribution in [0.2, 0.25) is 0 Å². The molecule has 1 aliphatic rings. The van der Waals surface area contributed by atoms with Crippen LogP contribution in [-0.4, -0.2) is 24.1 Å². The summed E-state index contributed by atoms with van der Waals surface area (Å²) < 4.78 is 5.29. The highest BCUT2D eigenvalue weighted by Gasteiger charge is 2.19. The molecule has 1 aromatic rings. The molecule has 0 saturated carbocycles. The minimum atomic E-state index is -0.245. The van der Waals surface area contributed by atoms with Crippen molar-refractivity contribution in [1.82, 2.24) is 4.90 Å². The normalized spacial score (nSPS) is 14.8. The molecule has 17 heavy (non-hydrogen) atoms. The summed E-state index contributed by atoms with van der Waals surface area (Å²) in [5.74, 6) is 0.590. The number of rotatable bonds is 2. The standard InChI is InChI=1S/C14H17NO2/c1-11(2)12-5-7-13(8-6-12)17-14(16)15-9-3-4-10-15/h5-8H,1,3-4,9-10H2,2H3. The summed E-state index contributed by atoms with van der Waals surface area (Å²) >= 11 is 0. The summed E-state index contributed by atoms with van der Waals surface area (Å²) in [4.78, 5) is 13.5. The SMILES string of the molecule is C=C(C)c1ccc(OC(=O)N2CCCC2)cc1. The van der Waals surface area contributed by atoms with Gasteiger partial charge in [-0.2, -0.15) is 0 Å². The number of allylic oxidation sites excluding steroid dienone is 1. The quantitative estimate of drug-likeness (QED) is 0.781. The van der Waals surface area contributed by atoms with Crippen LogP contribution >= 0.6 is 0 Å². The molecule has 0 aromatic heterocycles. The molecule has 3 heteroatoms. The Morgan fingerprint density at radius 3 is 2.35 bits per heavy atom. The molecule has 0 spiro atoms. The second kappa shape index (κ2) is 5.04. The van der Waals surface area contributed by atoms with Crippen molar-refractivity contribution in [1.29, 1.82) is 0 Å². The minimum absolute atomic E-state index is 0.245. The first-order valence-corrected chi connectivity index (χ1v) is 5.89. The van der Waals surface area contributed by atoms with Gasteiger partial charge in [0.05, 0.1) is 0 Å². The second-order valence-electron chi connectivity index (χ2n) is 4.37. The van der Waals surface area contributed by atoms with Crippen molar-refractivity contribution in [3.63, 3.8) is 0 Å². The van der Waals surface area contributed by atoms with Crippen LogP contribution in [-0.2, 0) is 0 Å². The molecule has 0 atom stereocenters. The first-order chi connectivity index (χ1) is 8.16. The number of amides is 1. The molecule has 0 bridgehead atoms. The van der Waals surface area contributed by atoms with Crippen LogP contribution in [0, 0.1) is 0 Å². The molecule has 1 fully saturated rings. The van der Waals surface area contributed by atoms with Gasteiger partial charge in [0.1, 0.15) is 5.75 Å². The van der Waals surface area contributed by atoms with Gasteiger partial charge in [-0.3, -0.25) is 0 Å². The Labute approximate surface area is 102 Å². The van der Waals surface area contributed by atoms with E-state index in [2.05, 4.69) is 6.58 Å². The van der Waals surface area contributed by atoms with Crippen LogP contribution in [0.4, 0.5) is 4.79 Å². The van der Waals surface area contributed by atoms with E-state index in [1.807, 2.05) is 19.1 Å². The lowest BCUT2D eigenvalue weighted by molar-refractivity contribution is 0.163. The smallest absolute Gasteiger partial charge is 0.410 e. The van der Waals surface area contributed by atoms with Gasteiger partial charge < -0.3 is 9.64 Å². The van der Waals surface area contributed by atoms with Gasteiger partial charge in [0, 0.05) is 13.1 Å². The van der Waals surface area contributed by atoms with E-state index in [4.69, 9.17) is 4.74 Å². The van der Waals surface area contributed by atoms with E-state index in [0.29, 0.717) is 5.75 Å². The van der Waals surface area contributed by atoms with Gasteiger partial charge in [0.15, 0.2) is 0 Å². The minimum Gasteiger partial charge on any atom is -0.410 e. The predicted octanol–water partition coefficient (Wildman–Crippen LogP) is 3.31. The van der Waals surface area contributed by atoms with Gasteiger partial charge >= 0.3 is 6.09 Å². The molecule has 1 aliphatic heterocycles. The Morgan fingerprint density at radius 2 is 1.82 bits per heavy atom. The lowest BCUT2D eigenvalue weighted by Crippen LogP contribution is -2.30. The number of benzene rings is 1. The van der Waals surface area contributed by atoms with Crippen molar-refractivity contribution < 1.29 is 9.53 Å². The number of carbonyl (C=O) groups is 1.